The minimum Gasteiger partial charge on any atom is -0.476 e. The summed E-state index contributed by atoms with van der Waals surface area (Å²) in [7, 11) is 0. The number of nitrogens with one attached hydrogen (secondary N) is 1. The maximum Gasteiger partial charge on any atom is 0.360 e. The lowest BCUT2D eigenvalue weighted by Gasteiger charge is -2.08. The van der Waals surface area contributed by atoms with E-state index in [4.69, 9.17) is 5.11 Å². The minimum atomic E-state index is -1.35. The van der Waals surface area contributed by atoms with Crippen molar-refractivity contribution in [1.29, 1.82) is 0 Å². The molecule has 7 nitrogen and oxygen atoms in total. The van der Waals surface area contributed by atoms with Crippen molar-refractivity contribution in [3.05, 3.63) is 52.5 Å². The van der Waals surface area contributed by atoms with Crippen molar-refractivity contribution in [2.75, 3.05) is 0 Å². The van der Waals surface area contributed by atoms with Gasteiger partial charge in [-0.15, -0.1) is 0 Å². The molecular formula is C13H10N4O3. The van der Waals surface area contributed by atoms with Crippen molar-refractivity contribution in [3.63, 3.8) is 0 Å². The van der Waals surface area contributed by atoms with Crippen LogP contribution in [-0.4, -0.2) is 30.6 Å². The fourth-order valence-electron chi connectivity index (χ4n) is 2.06. The van der Waals surface area contributed by atoms with Gasteiger partial charge in [0.05, 0.1) is 23.0 Å². The lowest BCUT2D eigenvalue weighted by Crippen LogP contribution is -2.20. The summed E-state index contributed by atoms with van der Waals surface area (Å²) in [5.41, 5.74) is 1.43. The molecule has 0 spiro atoms. The molecule has 3 aromatic rings. The highest BCUT2D eigenvalue weighted by Crippen LogP contribution is 2.19. The molecule has 20 heavy (non-hydrogen) atoms. The van der Waals surface area contributed by atoms with Crippen molar-refractivity contribution < 1.29 is 9.90 Å². The summed E-state index contributed by atoms with van der Waals surface area (Å²) in [6.07, 6.45) is 5.06. The second-order valence-electron chi connectivity index (χ2n) is 4.35. The molecule has 7 heteroatoms. The van der Waals surface area contributed by atoms with E-state index in [1.807, 2.05) is 6.92 Å². The molecule has 0 fully saturated rings. The molecule has 0 atom stereocenters. The van der Waals surface area contributed by atoms with Crippen LogP contribution in [0, 0.1) is 6.92 Å². The highest BCUT2D eigenvalue weighted by atomic mass is 16.4. The zero-order valence-corrected chi connectivity index (χ0v) is 10.5. The number of hydrogen-bond donors (Lipinski definition) is 2. The number of aromatic amines is 1. The van der Waals surface area contributed by atoms with Crippen LogP contribution < -0.4 is 5.56 Å². The van der Waals surface area contributed by atoms with E-state index in [2.05, 4.69) is 15.0 Å². The van der Waals surface area contributed by atoms with Crippen LogP contribution in [0.4, 0.5) is 0 Å². The zero-order chi connectivity index (χ0) is 14.3. The molecule has 0 saturated carbocycles. The van der Waals surface area contributed by atoms with Crippen LogP contribution >= 0.6 is 0 Å². The standard InChI is InChI=1S/C13H10N4O3/c1-7-4-8-9(5-10(7)17-3-2-14-6-17)15-11(13(19)20)12(18)16-8/h2-6H,1H3,(H,16,18)(H,19,20). The number of nitrogens with zero attached hydrogens (tertiary/aromatic N) is 3. The molecule has 2 aromatic heterocycles. The fourth-order valence-corrected chi connectivity index (χ4v) is 2.06. The summed E-state index contributed by atoms with van der Waals surface area (Å²) in [5.74, 6) is -1.35. The normalized spacial score (nSPS) is 10.8. The Kier molecular flexibility index (Phi) is 2.60. The number of aryl methyl sites for hydroxylation is 1. The zero-order valence-electron chi connectivity index (χ0n) is 10.5. The molecule has 100 valence electrons. The van der Waals surface area contributed by atoms with E-state index in [9.17, 15) is 9.59 Å². The average Bonchev–Trinajstić information content (AvgIpc) is 2.90. The first-order valence-electron chi connectivity index (χ1n) is 5.82. The van der Waals surface area contributed by atoms with Crippen molar-refractivity contribution in [1.82, 2.24) is 19.5 Å². The van der Waals surface area contributed by atoms with Crippen molar-refractivity contribution in [3.8, 4) is 5.69 Å². The molecule has 2 heterocycles. The summed E-state index contributed by atoms with van der Waals surface area (Å²) in [5, 5.41) is 8.94. The van der Waals surface area contributed by atoms with E-state index in [1.165, 1.54) is 0 Å². The summed E-state index contributed by atoms with van der Waals surface area (Å²) >= 11 is 0. The maximum absolute atomic E-state index is 11.6. The molecule has 0 saturated heterocycles. The number of benzene rings is 1. The Morgan fingerprint density at radius 3 is 2.85 bits per heavy atom. The molecule has 0 aliphatic rings. The largest absolute Gasteiger partial charge is 0.476 e. The molecule has 0 bridgehead atoms. The first-order valence-corrected chi connectivity index (χ1v) is 5.82. The smallest absolute Gasteiger partial charge is 0.360 e. The number of aromatic nitrogens is 4. The summed E-state index contributed by atoms with van der Waals surface area (Å²) < 4.78 is 1.79. The second-order valence-corrected chi connectivity index (χ2v) is 4.35. The van der Waals surface area contributed by atoms with Gasteiger partial charge in [0.15, 0.2) is 0 Å². The number of carboxylic acids is 1. The van der Waals surface area contributed by atoms with Gasteiger partial charge in [-0.2, -0.15) is 0 Å². The Morgan fingerprint density at radius 1 is 1.40 bits per heavy atom. The predicted molar refractivity (Wildman–Crippen MR) is 71.2 cm³/mol. The van der Waals surface area contributed by atoms with Crippen LogP contribution in [0.2, 0.25) is 0 Å². The van der Waals surface area contributed by atoms with Gasteiger partial charge >= 0.3 is 5.97 Å². The minimum absolute atomic E-state index is 0.413. The summed E-state index contributed by atoms with van der Waals surface area (Å²) in [6.45, 7) is 1.89. The van der Waals surface area contributed by atoms with Crippen LogP contribution in [0.15, 0.2) is 35.6 Å². The Morgan fingerprint density at radius 2 is 2.20 bits per heavy atom. The summed E-state index contributed by atoms with van der Waals surface area (Å²) in [6, 6.07) is 3.47. The fraction of sp³-hybridized carbons (Fsp3) is 0.0769. The van der Waals surface area contributed by atoms with Crippen LogP contribution in [0.25, 0.3) is 16.7 Å². The van der Waals surface area contributed by atoms with Gasteiger partial charge in [0, 0.05) is 12.4 Å². The van der Waals surface area contributed by atoms with E-state index in [0.29, 0.717) is 11.0 Å². The lowest BCUT2D eigenvalue weighted by molar-refractivity contribution is 0.0689. The van der Waals surface area contributed by atoms with E-state index in [-0.39, 0.29) is 0 Å². The Hall–Kier alpha value is -2.96. The number of carboxylic acid groups (broad SMARTS) is 1. The second kappa shape index (κ2) is 4.30. The number of rotatable bonds is 2. The summed E-state index contributed by atoms with van der Waals surface area (Å²) in [4.78, 5) is 32.9. The molecule has 2 N–H and O–H groups in total. The molecule has 0 radical (unpaired) electrons. The first-order chi connectivity index (χ1) is 9.56. The predicted octanol–water partition coefficient (Wildman–Crippen LogP) is 1.12. The molecule has 0 unspecified atom stereocenters. The lowest BCUT2D eigenvalue weighted by atomic mass is 10.1. The molecule has 0 amide bonds. The highest BCUT2D eigenvalue weighted by Gasteiger charge is 2.13. The van der Waals surface area contributed by atoms with E-state index in [1.54, 1.807) is 35.4 Å². The maximum atomic E-state index is 11.6. The van der Waals surface area contributed by atoms with Crippen molar-refractivity contribution in [2.45, 2.75) is 6.92 Å². The molecular weight excluding hydrogens is 260 g/mol. The van der Waals surface area contributed by atoms with E-state index in [0.717, 1.165) is 11.3 Å². The third-order valence-corrected chi connectivity index (χ3v) is 2.99. The number of hydrogen-bond acceptors (Lipinski definition) is 4. The number of fused-ring (bicyclic) bond motifs is 1. The van der Waals surface area contributed by atoms with Gasteiger partial charge in [0.2, 0.25) is 5.69 Å². The number of carbonyl (C=O) groups is 1. The number of imidazole rings is 1. The van der Waals surface area contributed by atoms with Crippen LogP contribution in [0.1, 0.15) is 16.1 Å². The molecule has 0 aliphatic carbocycles. The van der Waals surface area contributed by atoms with Gasteiger partial charge < -0.3 is 14.7 Å². The van der Waals surface area contributed by atoms with Crippen LogP contribution in [0.3, 0.4) is 0 Å². The topological polar surface area (TPSA) is 101 Å². The van der Waals surface area contributed by atoms with E-state index < -0.39 is 17.2 Å². The van der Waals surface area contributed by atoms with Gasteiger partial charge in [0.25, 0.3) is 5.56 Å². The van der Waals surface area contributed by atoms with Crippen molar-refractivity contribution in [2.24, 2.45) is 0 Å². The highest BCUT2D eigenvalue weighted by molar-refractivity contribution is 5.88. The van der Waals surface area contributed by atoms with Crippen LogP contribution in [-0.2, 0) is 0 Å². The Bertz CT molecular complexity index is 865. The van der Waals surface area contributed by atoms with Crippen molar-refractivity contribution >= 4 is 17.0 Å². The number of aromatic carboxylic acids is 1. The van der Waals surface area contributed by atoms with Gasteiger partial charge in [-0.3, -0.25) is 4.79 Å². The molecule has 1 aromatic carbocycles. The van der Waals surface area contributed by atoms with Gasteiger partial charge in [-0.25, -0.2) is 14.8 Å². The Labute approximate surface area is 112 Å². The average molecular weight is 270 g/mol. The third kappa shape index (κ3) is 1.85. The quantitative estimate of drug-likeness (QED) is 0.726. The van der Waals surface area contributed by atoms with Crippen LogP contribution in [0.5, 0.6) is 0 Å². The van der Waals surface area contributed by atoms with Gasteiger partial charge in [-0.05, 0) is 24.6 Å². The Balaban J connectivity index is 2.31. The monoisotopic (exact) mass is 270 g/mol. The third-order valence-electron chi connectivity index (χ3n) is 2.99. The number of H-pyrrole nitrogens is 1. The van der Waals surface area contributed by atoms with E-state index >= 15 is 0 Å². The molecule has 3 rings (SSSR count). The van der Waals surface area contributed by atoms with Gasteiger partial charge in [-0.1, -0.05) is 0 Å². The molecule has 0 aliphatic heterocycles. The van der Waals surface area contributed by atoms with Gasteiger partial charge in [0.1, 0.15) is 0 Å². The first kappa shape index (κ1) is 12.1. The SMILES string of the molecule is Cc1cc2[nH]c(=O)c(C(=O)O)nc2cc1-n1ccnc1.